The van der Waals surface area contributed by atoms with E-state index in [1.807, 2.05) is 31.2 Å². The zero-order chi connectivity index (χ0) is 19.6. The van der Waals surface area contributed by atoms with E-state index in [4.69, 9.17) is 4.74 Å². The smallest absolute Gasteiger partial charge is 0.259 e. The number of amides is 2. The van der Waals surface area contributed by atoms with Crippen molar-refractivity contribution in [2.75, 3.05) is 13.2 Å². The van der Waals surface area contributed by atoms with Gasteiger partial charge in [0.25, 0.3) is 11.8 Å². The van der Waals surface area contributed by atoms with Gasteiger partial charge in [0.2, 0.25) is 0 Å². The number of halogens is 2. The Morgan fingerprint density at radius 3 is 2.67 bits per heavy atom. The highest BCUT2D eigenvalue weighted by Gasteiger charge is 2.08. The van der Waals surface area contributed by atoms with Gasteiger partial charge in [-0.1, -0.05) is 44.8 Å². The van der Waals surface area contributed by atoms with Crippen LogP contribution in [0, 0.1) is 0 Å². The highest BCUT2D eigenvalue weighted by molar-refractivity contribution is 9.10. The highest BCUT2D eigenvalue weighted by atomic mass is 79.9. The van der Waals surface area contributed by atoms with E-state index in [9.17, 15) is 9.59 Å². The van der Waals surface area contributed by atoms with Crippen LogP contribution in [0.15, 0.2) is 56.5 Å². The number of rotatable bonds is 8. The number of hydrogen-bond acceptors (Lipinski definition) is 4. The molecule has 6 nitrogen and oxygen atoms in total. The third-order valence-corrected chi connectivity index (χ3v) is 4.31. The lowest BCUT2D eigenvalue weighted by Gasteiger charge is -2.08. The van der Waals surface area contributed by atoms with Crippen LogP contribution >= 0.6 is 31.9 Å². The van der Waals surface area contributed by atoms with Crippen molar-refractivity contribution in [1.29, 1.82) is 0 Å². The van der Waals surface area contributed by atoms with Gasteiger partial charge in [-0.2, -0.15) is 5.10 Å². The van der Waals surface area contributed by atoms with Crippen molar-refractivity contribution in [3.05, 3.63) is 62.5 Å². The van der Waals surface area contributed by atoms with Gasteiger partial charge in [-0.3, -0.25) is 9.59 Å². The molecule has 0 heterocycles. The number of nitrogens with one attached hydrogen (secondary N) is 2. The second-order valence-corrected chi connectivity index (χ2v) is 7.35. The highest BCUT2D eigenvalue weighted by Crippen LogP contribution is 2.22. The maximum Gasteiger partial charge on any atom is 0.259 e. The molecule has 0 fully saturated rings. The van der Waals surface area contributed by atoms with Crippen LogP contribution in [0.3, 0.4) is 0 Å². The molecule has 2 aromatic rings. The zero-order valence-corrected chi connectivity index (χ0v) is 17.8. The standard InChI is InChI=1S/C19H19Br2N3O3/c1-2-8-27-17-7-6-16(21)10-14(17)11-23-24-18(25)12-22-19(26)13-4-3-5-15(20)9-13/h3-7,9-11H,2,8,12H2,1H3,(H,22,26)(H,24,25)/b23-11+. The number of ether oxygens (including phenoxy) is 1. The fourth-order valence-electron chi connectivity index (χ4n) is 2.07. The van der Waals surface area contributed by atoms with Gasteiger partial charge >= 0.3 is 0 Å². The molecular formula is C19H19Br2N3O3. The Morgan fingerprint density at radius 1 is 1.15 bits per heavy atom. The van der Waals surface area contributed by atoms with E-state index < -0.39 is 5.91 Å². The number of hydrogen-bond donors (Lipinski definition) is 2. The normalized spacial score (nSPS) is 10.6. The second kappa shape index (κ2) is 10.8. The van der Waals surface area contributed by atoms with Gasteiger partial charge < -0.3 is 10.1 Å². The van der Waals surface area contributed by atoms with Crippen molar-refractivity contribution in [3.63, 3.8) is 0 Å². The monoisotopic (exact) mass is 495 g/mol. The number of hydrazone groups is 1. The second-order valence-electron chi connectivity index (χ2n) is 5.52. The summed E-state index contributed by atoms with van der Waals surface area (Å²) in [5.41, 5.74) is 3.59. The molecule has 142 valence electrons. The van der Waals surface area contributed by atoms with Crippen LogP contribution in [0.2, 0.25) is 0 Å². The first-order valence-corrected chi connectivity index (χ1v) is 9.86. The summed E-state index contributed by atoms with van der Waals surface area (Å²) in [6, 6.07) is 12.5. The Labute approximate surface area is 174 Å². The third-order valence-electron chi connectivity index (χ3n) is 3.32. The maximum atomic E-state index is 12.0. The molecule has 0 saturated carbocycles. The van der Waals surface area contributed by atoms with Gasteiger partial charge in [-0.05, 0) is 42.8 Å². The van der Waals surface area contributed by atoms with Crippen molar-refractivity contribution < 1.29 is 14.3 Å². The number of nitrogens with zero attached hydrogens (tertiary/aromatic N) is 1. The van der Waals surface area contributed by atoms with Crippen LogP contribution in [-0.2, 0) is 4.79 Å². The molecule has 2 rings (SSSR count). The molecule has 2 aromatic carbocycles. The predicted molar refractivity (Wildman–Crippen MR) is 112 cm³/mol. The summed E-state index contributed by atoms with van der Waals surface area (Å²) >= 11 is 6.70. The number of carbonyl (C=O) groups is 2. The summed E-state index contributed by atoms with van der Waals surface area (Å²) in [7, 11) is 0. The largest absolute Gasteiger partial charge is 0.493 e. The molecule has 0 saturated heterocycles. The van der Waals surface area contributed by atoms with E-state index in [-0.39, 0.29) is 12.5 Å². The molecule has 2 amide bonds. The van der Waals surface area contributed by atoms with Crippen LogP contribution in [0.1, 0.15) is 29.3 Å². The van der Waals surface area contributed by atoms with Crippen molar-refractivity contribution in [2.45, 2.75) is 13.3 Å². The molecule has 27 heavy (non-hydrogen) atoms. The quantitative estimate of drug-likeness (QED) is 0.430. The Morgan fingerprint density at radius 2 is 1.93 bits per heavy atom. The van der Waals surface area contributed by atoms with Crippen LogP contribution in [-0.4, -0.2) is 31.2 Å². The van der Waals surface area contributed by atoms with Crippen molar-refractivity contribution in [3.8, 4) is 5.75 Å². The maximum absolute atomic E-state index is 12.0. The predicted octanol–water partition coefficient (Wildman–Crippen LogP) is 3.88. The lowest BCUT2D eigenvalue weighted by atomic mass is 10.2. The van der Waals surface area contributed by atoms with Crippen LogP contribution in [0.4, 0.5) is 0 Å². The Hall–Kier alpha value is -2.19. The Kier molecular flexibility index (Phi) is 8.47. The minimum absolute atomic E-state index is 0.180. The first-order valence-electron chi connectivity index (χ1n) is 8.27. The molecular weight excluding hydrogens is 478 g/mol. The molecule has 0 radical (unpaired) electrons. The summed E-state index contributed by atoms with van der Waals surface area (Å²) in [6.45, 7) is 2.44. The molecule has 0 aliphatic rings. The molecule has 0 aliphatic carbocycles. The van der Waals surface area contributed by atoms with E-state index >= 15 is 0 Å². The van der Waals surface area contributed by atoms with Gasteiger partial charge in [0.15, 0.2) is 0 Å². The van der Waals surface area contributed by atoms with E-state index in [1.165, 1.54) is 6.21 Å². The fraction of sp³-hybridized carbons (Fsp3) is 0.211. The molecule has 0 bridgehead atoms. The average Bonchev–Trinajstić information content (AvgIpc) is 2.65. The minimum atomic E-state index is -0.430. The van der Waals surface area contributed by atoms with Gasteiger partial charge in [-0.15, -0.1) is 0 Å². The molecule has 2 N–H and O–H groups in total. The molecule has 0 aliphatic heterocycles. The summed E-state index contributed by atoms with van der Waals surface area (Å²) in [5.74, 6) is -0.0840. The van der Waals surface area contributed by atoms with Crippen LogP contribution in [0.5, 0.6) is 5.75 Å². The Balaban J connectivity index is 1.88. The first-order chi connectivity index (χ1) is 13.0. The topological polar surface area (TPSA) is 79.8 Å². The molecule has 0 spiro atoms. The van der Waals surface area contributed by atoms with Gasteiger partial charge in [0.05, 0.1) is 19.4 Å². The van der Waals surface area contributed by atoms with Gasteiger partial charge in [-0.25, -0.2) is 5.43 Å². The molecule has 8 heteroatoms. The van der Waals surface area contributed by atoms with Crippen LogP contribution < -0.4 is 15.5 Å². The SMILES string of the molecule is CCCOc1ccc(Br)cc1/C=N/NC(=O)CNC(=O)c1cccc(Br)c1. The van der Waals surface area contributed by atoms with E-state index in [0.29, 0.717) is 17.9 Å². The summed E-state index contributed by atoms with van der Waals surface area (Å²) in [6.07, 6.45) is 2.39. The van der Waals surface area contributed by atoms with Crippen molar-refractivity contribution >= 4 is 49.9 Å². The number of benzene rings is 2. The Bertz CT molecular complexity index is 841. The number of carbonyl (C=O) groups excluding carboxylic acids is 2. The summed E-state index contributed by atoms with van der Waals surface area (Å²) in [5, 5.41) is 6.48. The molecule has 0 unspecified atom stereocenters. The third kappa shape index (κ3) is 7.15. The lowest BCUT2D eigenvalue weighted by Crippen LogP contribution is -2.34. The van der Waals surface area contributed by atoms with E-state index in [0.717, 1.165) is 20.9 Å². The molecule has 0 aromatic heterocycles. The zero-order valence-electron chi connectivity index (χ0n) is 14.7. The van der Waals surface area contributed by atoms with Crippen molar-refractivity contribution in [2.24, 2.45) is 5.10 Å². The average molecular weight is 497 g/mol. The van der Waals surface area contributed by atoms with Crippen LogP contribution in [0.25, 0.3) is 0 Å². The van der Waals surface area contributed by atoms with E-state index in [2.05, 4.69) is 47.7 Å². The van der Waals surface area contributed by atoms with Gasteiger partial charge in [0, 0.05) is 20.1 Å². The van der Waals surface area contributed by atoms with Crippen molar-refractivity contribution in [1.82, 2.24) is 10.7 Å². The van der Waals surface area contributed by atoms with Gasteiger partial charge in [0.1, 0.15) is 5.75 Å². The summed E-state index contributed by atoms with van der Waals surface area (Å²) < 4.78 is 7.32. The first kappa shape index (κ1) is 21.1. The molecule has 0 atom stereocenters. The summed E-state index contributed by atoms with van der Waals surface area (Å²) in [4.78, 5) is 23.9. The van der Waals surface area contributed by atoms with E-state index in [1.54, 1.807) is 18.2 Å². The lowest BCUT2D eigenvalue weighted by molar-refractivity contribution is -0.120. The fourth-order valence-corrected chi connectivity index (χ4v) is 2.85. The minimum Gasteiger partial charge on any atom is -0.493 e.